The Morgan fingerprint density at radius 2 is 1.70 bits per heavy atom. The van der Waals surface area contributed by atoms with E-state index in [9.17, 15) is 14.9 Å². The molecule has 0 spiro atoms. The fourth-order valence-electron chi connectivity index (χ4n) is 4.21. The van der Waals surface area contributed by atoms with Gasteiger partial charge in [-0.25, -0.2) is 9.97 Å². The SMILES string of the molecule is Cc1cc(N2CCN(C(=O)c3ccc(Cn4nc(C)c([N+](=O)[O-])c4C)cc3)CC2)nc(C)n1. The summed E-state index contributed by atoms with van der Waals surface area (Å²) in [6, 6.07) is 9.33. The van der Waals surface area contributed by atoms with E-state index in [1.165, 1.54) is 0 Å². The van der Waals surface area contributed by atoms with Crippen LogP contribution in [0.4, 0.5) is 11.5 Å². The normalized spacial score (nSPS) is 13.9. The molecule has 1 saturated heterocycles. The highest BCUT2D eigenvalue weighted by Crippen LogP contribution is 2.23. The molecule has 1 aromatic carbocycles. The Kier molecular flexibility index (Phi) is 6.08. The van der Waals surface area contributed by atoms with Crippen molar-refractivity contribution in [2.75, 3.05) is 31.1 Å². The zero-order valence-corrected chi connectivity index (χ0v) is 19.3. The van der Waals surface area contributed by atoms with Gasteiger partial charge in [0.25, 0.3) is 5.91 Å². The number of anilines is 1. The third-order valence-corrected chi connectivity index (χ3v) is 5.90. The standard InChI is InChI=1S/C23H27N7O3/c1-15-13-21(25-18(4)24-15)27-9-11-28(12-10-27)23(31)20-7-5-19(6-8-20)14-29-17(3)22(30(32)33)16(2)26-29/h5-8,13H,9-12,14H2,1-4H3. The molecule has 1 aliphatic rings. The van der Waals surface area contributed by atoms with Gasteiger partial charge in [0.05, 0.1) is 11.5 Å². The number of hydrogen-bond acceptors (Lipinski definition) is 7. The quantitative estimate of drug-likeness (QED) is 0.435. The first kappa shape index (κ1) is 22.4. The average Bonchev–Trinajstić information content (AvgIpc) is 3.06. The predicted octanol–water partition coefficient (Wildman–Crippen LogP) is 2.83. The van der Waals surface area contributed by atoms with Gasteiger partial charge in [-0.1, -0.05) is 12.1 Å². The van der Waals surface area contributed by atoms with Crippen molar-refractivity contribution in [1.29, 1.82) is 0 Å². The van der Waals surface area contributed by atoms with Crippen LogP contribution < -0.4 is 4.90 Å². The first-order valence-corrected chi connectivity index (χ1v) is 10.9. The van der Waals surface area contributed by atoms with E-state index in [4.69, 9.17) is 0 Å². The van der Waals surface area contributed by atoms with Crippen molar-refractivity contribution in [1.82, 2.24) is 24.6 Å². The van der Waals surface area contributed by atoms with Crippen LogP contribution in [0.25, 0.3) is 0 Å². The van der Waals surface area contributed by atoms with Gasteiger partial charge in [-0.05, 0) is 45.4 Å². The number of aromatic nitrogens is 4. The first-order chi connectivity index (χ1) is 15.7. The highest BCUT2D eigenvalue weighted by molar-refractivity contribution is 5.94. The number of nitro groups is 1. The molecule has 0 atom stereocenters. The van der Waals surface area contributed by atoms with E-state index < -0.39 is 4.92 Å². The number of amides is 1. The third-order valence-electron chi connectivity index (χ3n) is 5.90. The fraction of sp³-hybridized carbons (Fsp3) is 0.391. The molecule has 0 unspecified atom stereocenters. The highest BCUT2D eigenvalue weighted by Gasteiger charge is 2.24. The minimum absolute atomic E-state index is 0.00185. The molecule has 0 bridgehead atoms. The van der Waals surface area contributed by atoms with Crippen LogP contribution in [0.3, 0.4) is 0 Å². The number of hydrogen-bond donors (Lipinski definition) is 0. The summed E-state index contributed by atoms with van der Waals surface area (Å²) < 4.78 is 1.63. The van der Waals surface area contributed by atoms with Crippen molar-refractivity contribution >= 4 is 17.4 Å². The monoisotopic (exact) mass is 449 g/mol. The van der Waals surface area contributed by atoms with Gasteiger partial charge in [-0.2, -0.15) is 5.10 Å². The van der Waals surface area contributed by atoms with Crippen molar-refractivity contribution in [2.45, 2.75) is 34.2 Å². The largest absolute Gasteiger partial charge is 0.353 e. The summed E-state index contributed by atoms with van der Waals surface area (Å²) in [6.45, 7) is 10.3. The van der Waals surface area contributed by atoms with Gasteiger partial charge in [0.1, 0.15) is 23.0 Å². The van der Waals surface area contributed by atoms with Crippen LogP contribution in [0.2, 0.25) is 0 Å². The average molecular weight is 450 g/mol. The molecular formula is C23H27N7O3. The number of rotatable bonds is 5. The van der Waals surface area contributed by atoms with Gasteiger partial charge in [0.2, 0.25) is 0 Å². The summed E-state index contributed by atoms with van der Waals surface area (Å²) in [4.78, 5) is 36.7. The highest BCUT2D eigenvalue weighted by atomic mass is 16.6. The molecule has 2 aromatic heterocycles. The van der Waals surface area contributed by atoms with Gasteiger partial charge in [0, 0.05) is 43.5 Å². The van der Waals surface area contributed by atoms with Crippen LogP contribution in [-0.2, 0) is 6.54 Å². The van der Waals surface area contributed by atoms with Gasteiger partial charge in [-0.3, -0.25) is 19.6 Å². The van der Waals surface area contributed by atoms with Crippen molar-refractivity contribution in [2.24, 2.45) is 0 Å². The number of aryl methyl sites for hydroxylation is 3. The zero-order chi connectivity index (χ0) is 23.7. The molecule has 0 N–H and O–H groups in total. The van der Waals surface area contributed by atoms with Crippen molar-refractivity contribution < 1.29 is 9.72 Å². The number of piperazine rings is 1. The molecule has 4 rings (SSSR count). The number of carbonyl (C=O) groups excluding carboxylic acids is 1. The van der Waals surface area contributed by atoms with Crippen LogP contribution in [0.15, 0.2) is 30.3 Å². The number of nitrogens with zero attached hydrogens (tertiary/aromatic N) is 7. The second kappa shape index (κ2) is 8.97. The smallest absolute Gasteiger partial charge is 0.312 e. The fourth-order valence-corrected chi connectivity index (χ4v) is 4.21. The molecule has 1 fully saturated rings. The van der Waals surface area contributed by atoms with Crippen LogP contribution in [-0.4, -0.2) is 61.7 Å². The van der Waals surface area contributed by atoms with E-state index in [0.717, 1.165) is 36.0 Å². The van der Waals surface area contributed by atoms with E-state index in [2.05, 4.69) is 20.0 Å². The van der Waals surface area contributed by atoms with Crippen molar-refractivity contribution in [3.05, 3.63) is 74.5 Å². The minimum atomic E-state index is -0.400. The Hall–Kier alpha value is -3.82. The van der Waals surface area contributed by atoms with Crippen LogP contribution in [0.1, 0.15) is 38.8 Å². The lowest BCUT2D eigenvalue weighted by Crippen LogP contribution is -2.49. The third kappa shape index (κ3) is 4.69. The van der Waals surface area contributed by atoms with Crippen molar-refractivity contribution in [3.63, 3.8) is 0 Å². The molecule has 33 heavy (non-hydrogen) atoms. The van der Waals surface area contributed by atoms with Gasteiger partial charge < -0.3 is 9.80 Å². The molecule has 3 heterocycles. The van der Waals surface area contributed by atoms with Crippen molar-refractivity contribution in [3.8, 4) is 0 Å². The second-order valence-corrected chi connectivity index (χ2v) is 8.33. The summed E-state index contributed by atoms with van der Waals surface area (Å²) in [5, 5.41) is 15.5. The van der Waals surface area contributed by atoms with Crippen LogP contribution in [0, 0.1) is 37.8 Å². The molecular weight excluding hydrogens is 422 g/mol. The van der Waals surface area contributed by atoms with E-state index in [1.54, 1.807) is 30.7 Å². The Labute approximate surface area is 192 Å². The van der Waals surface area contributed by atoms with Crippen LogP contribution in [0.5, 0.6) is 0 Å². The molecule has 0 saturated carbocycles. The Morgan fingerprint density at radius 1 is 1.03 bits per heavy atom. The second-order valence-electron chi connectivity index (χ2n) is 8.33. The van der Waals surface area contributed by atoms with Crippen LogP contribution >= 0.6 is 0 Å². The summed E-state index contributed by atoms with van der Waals surface area (Å²) in [7, 11) is 0. The molecule has 1 amide bonds. The predicted molar refractivity (Wildman–Crippen MR) is 124 cm³/mol. The minimum Gasteiger partial charge on any atom is -0.353 e. The molecule has 3 aromatic rings. The maximum absolute atomic E-state index is 13.0. The molecule has 172 valence electrons. The Morgan fingerprint density at radius 3 is 2.27 bits per heavy atom. The maximum Gasteiger partial charge on any atom is 0.312 e. The van der Waals surface area contributed by atoms with E-state index in [1.807, 2.05) is 36.9 Å². The topological polar surface area (TPSA) is 110 Å². The lowest BCUT2D eigenvalue weighted by atomic mass is 10.1. The first-order valence-electron chi connectivity index (χ1n) is 10.9. The van der Waals surface area contributed by atoms with E-state index in [0.29, 0.717) is 36.6 Å². The zero-order valence-electron chi connectivity index (χ0n) is 19.3. The summed E-state index contributed by atoms with van der Waals surface area (Å²) in [5.41, 5.74) is 3.45. The van der Waals surface area contributed by atoms with E-state index in [-0.39, 0.29) is 11.6 Å². The van der Waals surface area contributed by atoms with Gasteiger partial charge in [-0.15, -0.1) is 0 Å². The lowest BCUT2D eigenvalue weighted by Gasteiger charge is -2.35. The lowest BCUT2D eigenvalue weighted by molar-refractivity contribution is -0.386. The summed E-state index contributed by atoms with van der Waals surface area (Å²) in [6.07, 6.45) is 0. The summed E-state index contributed by atoms with van der Waals surface area (Å²) >= 11 is 0. The Bertz CT molecular complexity index is 1180. The molecule has 10 nitrogen and oxygen atoms in total. The summed E-state index contributed by atoms with van der Waals surface area (Å²) in [5.74, 6) is 1.65. The molecule has 0 aliphatic carbocycles. The molecule has 0 radical (unpaired) electrons. The molecule has 10 heteroatoms. The molecule has 1 aliphatic heterocycles. The maximum atomic E-state index is 13.0. The Balaban J connectivity index is 1.39. The number of carbonyl (C=O) groups is 1. The van der Waals surface area contributed by atoms with Gasteiger partial charge in [0.15, 0.2) is 0 Å². The number of benzene rings is 1. The van der Waals surface area contributed by atoms with E-state index >= 15 is 0 Å². The van der Waals surface area contributed by atoms with Gasteiger partial charge >= 0.3 is 5.69 Å².